The maximum absolute atomic E-state index is 13.7. The van der Waals surface area contributed by atoms with Gasteiger partial charge in [-0.15, -0.1) is 0 Å². The largest absolute Gasteiger partial charge is 0.495 e. The van der Waals surface area contributed by atoms with Gasteiger partial charge < -0.3 is 10.1 Å². The standard InChI is InChI=1S/C29H30N2O3/c1-18-7-10-20(11-8-18)25-26(30-22-14-12-21(13-15-22)29(3,4)5)28(33)31(27(25)32)23-17-19(2)9-16-24(23)34-6/h7-17,30H,1-6H3. The number of hydrogen-bond acceptors (Lipinski definition) is 4. The zero-order valence-electron chi connectivity index (χ0n) is 20.5. The normalized spacial score (nSPS) is 14.1. The van der Waals surface area contributed by atoms with Crippen LogP contribution in [0.2, 0.25) is 0 Å². The topological polar surface area (TPSA) is 58.6 Å². The molecule has 0 saturated heterocycles. The molecule has 2 amide bonds. The highest BCUT2D eigenvalue weighted by molar-refractivity contribution is 6.46. The Labute approximate surface area is 201 Å². The Morgan fingerprint density at radius 2 is 1.41 bits per heavy atom. The van der Waals surface area contributed by atoms with Crippen LogP contribution in [0.5, 0.6) is 5.75 Å². The third-order valence-corrected chi connectivity index (χ3v) is 6.02. The molecule has 0 unspecified atom stereocenters. The maximum atomic E-state index is 13.7. The molecule has 0 spiro atoms. The van der Waals surface area contributed by atoms with Gasteiger partial charge in [-0.1, -0.05) is 68.8 Å². The molecule has 174 valence electrons. The van der Waals surface area contributed by atoms with E-state index in [9.17, 15) is 9.59 Å². The van der Waals surface area contributed by atoms with Crippen LogP contribution in [-0.2, 0) is 15.0 Å². The molecule has 1 aliphatic heterocycles. The first kappa shape index (κ1) is 23.3. The number of anilines is 2. The lowest BCUT2D eigenvalue weighted by Gasteiger charge is -2.20. The van der Waals surface area contributed by atoms with E-state index >= 15 is 0 Å². The van der Waals surface area contributed by atoms with Crippen LogP contribution in [-0.4, -0.2) is 18.9 Å². The Balaban J connectivity index is 1.81. The second-order valence-electron chi connectivity index (χ2n) is 9.69. The van der Waals surface area contributed by atoms with Crippen LogP contribution < -0.4 is 15.0 Å². The van der Waals surface area contributed by atoms with Gasteiger partial charge in [-0.2, -0.15) is 0 Å². The zero-order valence-corrected chi connectivity index (χ0v) is 20.5. The number of imide groups is 1. The van der Waals surface area contributed by atoms with E-state index in [4.69, 9.17) is 4.74 Å². The van der Waals surface area contributed by atoms with Gasteiger partial charge in [0.1, 0.15) is 11.4 Å². The highest BCUT2D eigenvalue weighted by atomic mass is 16.5. The van der Waals surface area contributed by atoms with Crippen molar-refractivity contribution in [2.45, 2.75) is 40.0 Å². The molecule has 34 heavy (non-hydrogen) atoms. The fourth-order valence-electron chi connectivity index (χ4n) is 4.03. The minimum atomic E-state index is -0.413. The number of ether oxygens (including phenoxy) is 1. The zero-order chi connectivity index (χ0) is 24.6. The second-order valence-corrected chi connectivity index (χ2v) is 9.69. The minimum absolute atomic E-state index is 0.0164. The van der Waals surface area contributed by atoms with Crippen molar-refractivity contribution in [2.75, 3.05) is 17.3 Å². The molecule has 1 aliphatic rings. The Morgan fingerprint density at radius 1 is 0.794 bits per heavy atom. The Kier molecular flexibility index (Phi) is 6.05. The molecule has 0 aromatic heterocycles. The average Bonchev–Trinajstić information content (AvgIpc) is 3.03. The van der Waals surface area contributed by atoms with Crippen LogP contribution in [0.15, 0.2) is 72.4 Å². The summed E-state index contributed by atoms with van der Waals surface area (Å²) >= 11 is 0. The molecule has 5 heteroatoms. The van der Waals surface area contributed by atoms with E-state index in [1.165, 1.54) is 17.6 Å². The summed E-state index contributed by atoms with van der Waals surface area (Å²) in [5.74, 6) is -0.331. The average molecular weight is 455 g/mol. The summed E-state index contributed by atoms with van der Waals surface area (Å²) in [7, 11) is 1.53. The number of benzene rings is 3. The van der Waals surface area contributed by atoms with Crippen LogP contribution >= 0.6 is 0 Å². The molecular weight excluding hydrogens is 424 g/mol. The minimum Gasteiger partial charge on any atom is -0.495 e. The van der Waals surface area contributed by atoms with E-state index in [1.807, 2.05) is 68.4 Å². The molecular formula is C29H30N2O3. The van der Waals surface area contributed by atoms with Gasteiger partial charge in [-0.25, -0.2) is 4.90 Å². The highest BCUT2D eigenvalue weighted by Crippen LogP contribution is 2.38. The number of amides is 2. The molecule has 1 heterocycles. The van der Waals surface area contributed by atoms with Crippen molar-refractivity contribution in [2.24, 2.45) is 0 Å². The van der Waals surface area contributed by atoms with E-state index in [0.29, 0.717) is 22.6 Å². The number of methoxy groups -OCH3 is 1. The molecule has 5 nitrogen and oxygen atoms in total. The molecule has 0 fully saturated rings. The molecule has 4 rings (SSSR count). The first-order valence-corrected chi connectivity index (χ1v) is 11.3. The second kappa shape index (κ2) is 8.82. The van der Waals surface area contributed by atoms with Gasteiger partial charge >= 0.3 is 0 Å². The van der Waals surface area contributed by atoms with Crippen molar-refractivity contribution in [3.8, 4) is 5.75 Å². The Morgan fingerprint density at radius 3 is 2.00 bits per heavy atom. The van der Waals surface area contributed by atoms with E-state index < -0.39 is 5.91 Å². The SMILES string of the molecule is COc1ccc(C)cc1N1C(=O)C(Nc2ccc(C(C)(C)C)cc2)=C(c2ccc(C)cc2)C1=O. The fourth-order valence-corrected chi connectivity index (χ4v) is 4.03. The van der Waals surface area contributed by atoms with Crippen molar-refractivity contribution in [3.63, 3.8) is 0 Å². The molecule has 0 saturated carbocycles. The van der Waals surface area contributed by atoms with E-state index in [1.54, 1.807) is 12.1 Å². The van der Waals surface area contributed by atoms with E-state index in [2.05, 4.69) is 26.1 Å². The third-order valence-electron chi connectivity index (χ3n) is 6.02. The summed E-state index contributed by atoms with van der Waals surface area (Å²) in [5, 5.41) is 3.24. The number of rotatable bonds is 5. The summed E-state index contributed by atoms with van der Waals surface area (Å²) in [5.41, 5.74) is 5.65. The van der Waals surface area contributed by atoms with Gasteiger partial charge in [-0.05, 0) is 60.2 Å². The molecule has 0 atom stereocenters. The van der Waals surface area contributed by atoms with Crippen molar-refractivity contribution >= 4 is 28.8 Å². The summed E-state index contributed by atoms with van der Waals surface area (Å²) in [6, 6.07) is 21.0. The summed E-state index contributed by atoms with van der Waals surface area (Å²) in [6.45, 7) is 10.4. The number of nitrogens with one attached hydrogen (secondary N) is 1. The van der Waals surface area contributed by atoms with Crippen LogP contribution in [0.25, 0.3) is 5.57 Å². The molecule has 3 aromatic carbocycles. The third kappa shape index (κ3) is 4.34. The number of hydrogen-bond donors (Lipinski definition) is 1. The summed E-state index contributed by atoms with van der Waals surface area (Å²) in [6.07, 6.45) is 0. The first-order chi connectivity index (χ1) is 16.1. The molecule has 0 bridgehead atoms. The summed E-state index contributed by atoms with van der Waals surface area (Å²) < 4.78 is 5.48. The number of carbonyl (C=O) groups is 2. The van der Waals surface area contributed by atoms with Crippen molar-refractivity contribution in [3.05, 3.63) is 94.7 Å². The highest BCUT2D eigenvalue weighted by Gasteiger charge is 2.41. The predicted molar refractivity (Wildman–Crippen MR) is 137 cm³/mol. The van der Waals surface area contributed by atoms with Crippen molar-refractivity contribution < 1.29 is 14.3 Å². The van der Waals surface area contributed by atoms with E-state index in [0.717, 1.165) is 16.8 Å². The van der Waals surface area contributed by atoms with Gasteiger partial charge in [0, 0.05) is 5.69 Å². The number of nitrogens with zero attached hydrogens (tertiary/aromatic N) is 1. The van der Waals surface area contributed by atoms with Gasteiger partial charge in [0.05, 0.1) is 18.4 Å². The van der Waals surface area contributed by atoms with Crippen molar-refractivity contribution in [1.29, 1.82) is 0 Å². The molecule has 0 aliphatic carbocycles. The fraction of sp³-hybridized carbons (Fsp3) is 0.241. The lowest BCUT2D eigenvalue weighted by Crippen LogP contribution is -2.32. The van der Waals surface area contributed by atoms with Crippen molar-refractivity contribution in [1.82, 2.24) is 0 Å². The van der Waals surface area contributed by atoms with Gasteiger partial charge in [0.15, 0.2) is 0 Å². The molecule has 3 aromatic rings. The predicted octanol–water partition coefficient (Wildman–Crippen LogP) is 6.01. The molecule has 1 N–H and O–H groups in total. The number of carbonyl (C=O) groups excluding carboxylic acids is 2. The van der Waals surface area contributed by atoms with Crippen LogP contribution in [0, 0.1) is 13.8 Å². The first-order valence-electron chi connectivity index (χ1n) is 11.3. The van der Waals surface area contributed by atoms with Gasteiger partial charge in [-0.3, -0.25) is 9.59 Å². The molecule has 0 radical (unpaired) electrons. The number of aryl methyl sites for hydroxylation is 2. The van der Waals surface area contributed by atoms with Gasteiger partial charge in [0.25, 0.3) is 11.8 Å². The summed E-state index contributed by atoms with van der Waals surface area (Å²) in [4.78, 5) is 28.6. The Bertz CT molecular complexity index is 1280. The van der Waals surface area contributed by atoms with Crippen LogP contribution in [0.1, 0.15) is 43.0 Å². The maximum Gasteiger partial charge on any atom is 0.282 e. The smallest absolute Gasteiger partial charge is 0.282 e. The van der Waals surface area contributed by atoms with Crippen LogP contribution in [0.4, 0.5) is 11.4 Å². The Hall–Kier alpha value is -3.86. The monoisotopic (exact) mass is 454 g/mol. The lowest BCUT2D eigenvalue weighted by molar-refractivity contribution is -0.120. The lowest BCUT2D eigenvalue weighted by atomic mass is 9.87. The van der Waals surface area contributed by atoms with Crippen LogP contribution in [0.3, 0.4) is 0 Å². The quantitative estimate of drug-likeness (QED) is 0.480. The van der Waals surface area contributed by atoms with E-state index in [-0.39, 0.29) is 17.0 Å². The van der Waals surface area contributed by atoms with Gasteiger partial charge in [0.2, 0.25) is 0 Å².